The van der Waals surface area contributed by atoms with Gasteiger partial charge in [-0.3, -0.25) is 0 Å². The number of hydrogen-bond acceptors (Lipinski definition) is 3. The van der Waals surface area contributed by atoms with Crippen molar-refractivity contribution in [2.45, 2.75) is 6.10 Å². The van der Waals surface area contributed by atoms with Crippen LogP contribution in [-0.2, 0) is 9.53 Å². The highest BCUT2D eigenvalue weighted by atomic mass is 16.5. The van der Waals surface area contributed by atoms with Crippen molar-refractivity contribution >= 4 is 16.9 Å². The third kappa shape index (κ3) is 1.71. The van der Waals surface area contributed by atoms with Gasteiger partial charge >= 0.3 is 5.97 Å². The van der Waals surface area contributed by atoms with Gasteiger partial charge in [0.2, 0.25) is 0 Å². The first-order valence-electron chi connectivity index (χ1n) is 4.45. The molecule has 1 aromatic heterocycles. The molecule has 0 radical (unpaired) electrons. The molecule has 0 fully saturated rings. The SMILES string of the molecule is COC(C(=O)O)c1ccc2occc2c1. The van der Waals surface area contributed by atoms with Crippen LogP contribution in [0, 0.1) is 0 Å². The first-order valence-corrected chi connectivity index (χ1v) is 4.45. The zero-order chi connectivity index (χ0) is 10.8. The van der Waals surface area contributed by atoms with Crippen molar-refractivity contribution in [2.75, 3.05) is 7.11 Å². The average Bonchev–Trinajstić information content (AvgIpc) is 2.65. The van der Waals surface area contributed by atoms with Crippen molar-refractivity contribution in [1.82, 2.24) is 0 Å². The predicted octanol–water partition coefficient (Wildman–Crippen LogP) is 2.20. The van der Waals surface area contributed by atoms with Gasteiger partial charge < -0.3 is 14.3 Å². The predicted molar refractivity (Wildman–Crippen MR) is 53.6 cm³/mol. The molecule has 1 N–H and O–H groups in total. The van der Waals surface area contributed by atoms with Crippen LogP contribution < -0.4 is 0 Å². The van der Waals surface area contributed by atoms with Crippen LogP contribution in [0.2, 0.25) is 0 Å². The van der Waals surface area contributed by atoms with Crippen LogP contribution in [0.1, 0.15) is 11.7 Å². The van der Waals surface area contributed by atoms with E-state index in [1.807, 2.05) is 0 Å². The van der Waals surface area contributed by atoms with Crippen molar-refractivity contribution in [2.24, 2.45) is 0 Å². The number of ether oxygens (including phenoxy) is 1. The molecule has 0 aliphatic rings. The Balaban J connectivity index is 2.46. The highest BCUT2D eigenvalue weighted by Crippen LogP contribution is 2.23. The number of hydrogen-bond donors (Lipinski definition) is 1. The summed E-state index contributed by atoms with van der Waals surface area (Å²) in [4.78, 5) is 10.9. The standard InChI is InChI=1S/C11H10O4/c1-14-10(11(12)13)8-2-3-9-7(6-8)4-5-15-9/h2-6,10H,1H3,(H,12,13). The highest BCUT2D eigenvalue weighted by Gasteiger charge is 2.19. The minimum absolute atomic E-state index is 0.610. The fourth-order valence-corrected chi connectivity index (χ4v) is 1.53. The van der Waals surface area contributed by atoms with E-state index in [1.54, 1.807) is 30.5 Å². The van der Waals surface area contributed by atoms with Gasteiger partial charge in [0.1, 0.15) is 5.58 Å². The van der Waals surface area contributed by atoms with E-state index in [2.05, 4.69) is 0 Å². The lowest BCUT2D eigenvalue weighted by Crippen LogP contribution is -2.13. The molecule has 0 bridgehead atoms. The molecule has 4 nitrogen and oxygen atoms in total. The lowest BCUT2D eigenvalue weighted by molar-refractivity contribution is -0.148. The first-order chi connectivity index (χ1) is 7.22. The number of carboxylic acid groups (broad SMARTS) is 1. The van der Waals surface area contributed by atoms with Crippen LogP contribution in [0.5, 0.6) is 0 Å². The second-order valence-corrected chi connectivity index (χ2v) is 3.17. The van der Waals surface area contributed by atoms with Gasteiger partial charge in [-0.25, -0.2) is 4.79 Å². The number of aliphatic carboxylic acids is 1. The number of carbonyl (C=O) groups is 1. The van der Waals surface area contributed by atoms with E-state index in [0.717, 1.165) is 11.0 Å². The fraction of sp³-hybridized carbons (Fsp3) is 0.182. The summed E-state index contributed by atoms with van der Waals surface area (Å²) in [6, 6.07) is 6.96. The van der Waals surface area contributed by atoms with E-state index in [0.29, 0.717) is 5.56 Å². The van der Waals surface area contributed by atoms with Gasteiger partial charge in [0.15, 0.2) is 6.10 Å². The Morgan fingerprint density at radius 1 is 1.47 bits per heavy atom. The quantitative estimate of drug-likeness (QED) is 0.836. The Bertz CT molecular complexity index is 486. The molecule has 78 valence electrons. The van der Waals surface area contributed by atoms with E-state index in [4.69, 9.17) is 14.3 Å². The van der Waals surface area contributed by atoms with E-state index < -0.39 is 12.1 Å². The molecule has 0 saturated heterocycles. The Kier molecular flexibility index (Phi) is 2.43. The molecular formula is C11H10O4. The molecule has 1 atom stereocenters. The third-order valence-electron chi connectivity index (χ3n) is 2.24. The third-order valence-corrected chi connectivity index (χ3v) is 2.24. The van der Waals surface area contributed by atoms with Crippen LogP contribution >= 0.6 is 0 Å². The molecule has 1 unspecified atom stereocenters. The minimum Gasteiger partial charge on any atom is -0.479 e. The van der Waals surface area contributed by atoms with E-state index in [-0.39, 0.29) is 0 Å². The number of rotatable bonds is 3. The van der Waals surface area contributed by atoms with Crippen molar-refractivity contribution in [3.8, 4) is 0 Å². The monoisotopic (exact) mass is 206 g/mol. The van der Waals surface area contributed by atoms with Gasteiger partial charge in [-0.1, -0.05) is 6.07 Å². The Morgan fingerprint density at radius 2 is 2.27 bits per heavy atom. The molecule has 0 amide bonds. The topological polar surface area (TPSA) is 59.7 Å². The molecule has 1 aromatic carbocycles. The van der Waals surface area contributed by atoms with Crippen LogP contribution in [0.25, 0.3) is 11.0 Å². The zero-order valence-electron chi connectivity index (χ0n) is 8.14. The lowest BCUT2D eigenvalue weighted by Gasteiger charge is -2.10. The fourth-order valence-electron chi connectivity index (χ4n) is 1.53. The second kappa shape index (κ2) is 3.74. The molecule has 4 heteroatoms. The summed E-state index contributed by atoms with van der Waals surface area (Å²) in [6.07, 6.45) is 0.640. The summed E-state index contributed by atoms with van der Waals surface area (Å²) in [6.45, 7) is 0. The maximum Gasteiger partial charge on any atom is 0.337 e. The van der Waals surface area contributed by atoms with Crippen molar-refractivity contribution in [3.63, 3.8) is 0 Å². The van der Waals surface area contributed by atoms with Crippen LogP contribution in [0.4, 0.5) is 0 Å². The summed E-state index contributed by atoms with van der Waals surface area (Å²) in [5.41, 5.74) is 1.35. The molecule has 15 heavy (non-hydrogen) atoms. The lowest BCUT2D eigenvalue weighted by atomic mass is 10.1. The molecule has 2 rings (SSSR count). The van der Waals surface area contributed by atoms with Crippen LogP contribution in [0.3, 0.4) is 0 Å². The minimum atomic E-state index is -1.000. The van der Waals surface area contributed by atoms with Crippen molar-refractivity contribution in [3.05, 3.63) is 36.1 Å². The summed E-state index contributed by atoms with van der Waals surface area (Å²) in [5, 5.41) is 9.77. The molecule has 0 aliphatic carbocycles. The smallest absolute Gasteiger partial charge is 0.337 e. The van der Waals surface area contributed by atoms with Gasteiger partial charge in [0, 0.05) is 12.5 Å². The Labute approximate surface area is 86.1 Å². The van der Waals surface area contributed by atoms with E-state index >= 15 is 0 Å². The largest absolute Gasteiger partial charge is 0.479 e. The van der Waals surface area contributed by atoms with Gasteiger partial charge in [-0.15, -0.1) is 0 Å². The zero-order valence-corrected chi connectivity index (χ0v) is 8.14. The summed E-state index contributed by atoms with van der Waals surface area (Å²) in [5.74, 6) is -1.000. The molecule has 1 heterocycles. The Hall–Kier alpha value is -1.81. The summed E-state index contributed by atoms with van der Waals surface area (Å²) in [7, 11) is 1.37. The maximum atomic E-state index is 10.9. The molecule has 2 aromatic rings. The van der Waals surface area contributed by atoms with Crippen LogP contribution in [-0.4, -0.2) is 18.2 Å². The summed E-state index contributed by atoms with van der Waals surface area (Å²) < 4.78 is 10.1. The van der Waals surface area contributed by atoms with Gasteiger partial charge in [0.05, 0.1) is 6.26 Å². The summed E-state index contributed by atoms with van der Waals surface area (Å²) >= 11 is 0. The van der Waals surface area contributed by atoms with Gasteiger partial charge in [-0.05, 0) is 23.8 Å². The number of benzene rings is 1. The molecular weight excluding hydrogens is 196 g/mol. The number of carboxylic acids is 1. The number of fused-ring (bicyclic) bond motifs is 1. The second-order valence-electron chi connectivity index (χ2n) is 3.17. The highest BCUT2D eigenvalue weighted by molar-refractivity contribution is 5.81. The van der Waals surface area contributed by atoms with E-state index in [1.165, 1.54) is 7.11 Å². The normalized spacial score (nSPS) is 12.9. The van der Waals surface area contributed by atoms with Crippen LogP contribution in [0.15, 0.2) is 34.9 Å². The first kappa shape index (κ1) is 9.73. The van der Waals surface area contributed by atoms with Gasteiger partial charge in [0.25, 0.3) is 0 Å². The molecule has 0 saturated carbocycles. The van der Waals surface area contributed by atoms with Crippen molar-refractivity contribution in [1.29, 1.82) is 0 Å². The van der Waals surface area contributed by atoms with E-state index in [9.17, 15) is 4.79 Å². The number of furan rings is 1. The van der Waals surface area contributed by atoms with Crippen molar-refractivity contribution < 1.29 is 19.1 Å². The van der Waals surface area contributed by atoms with Gasteiger partial charge in [-0.2, -0.15) is 0 Å². The Morgan fingerprint density at radius 3 is 2.93 bits per heavy atom. The average molecular weight is 206 g/mol. The molecule has 0 aliphatic heterocycles. The maximum absolute atomic E-state index is 10.9. The number of methoxy groups -OCH3 is 1. The molecule has 0 spiro atoms.